The van der Waals surface area contributed by atoms with E-state index in [4.69, 9.17) is 27.9 Å². The Morgan fingerprint density at radius 1 is 1.00 bits per heavy atom. The molecule has 0 atom stereocenters. The van der Waals surface area contributed by atoms with E-state index in [0.717, 1.165) is 29.5 Å². The number of hydrogen-bond donors (Lipinski definition) is 2. The number of benzene rings is 2. The molecule has 0 aliphatic heterocycles. The molecule has 112 valence electrons. The molecule has 3 nitrogen and oxygen atoms in total. The van der Waals surface area contributed by atoms with Gasteiger partial charge in [-0.25, -0.2) is 0 Å². The first kappa shape index (κ1) is 15.8. The molecule has 2 N–H and O–H groups in total. The number of halogens is 2. The lowest BCUT2D eigenvalue weighted by molar-refractivity contribution is 0.415. The Hall–Kier alpha value is -1.58. The molecule has 0 aliphatic carbocycles. The number of methoxy groups -OCH3 is 1. The molecule has 2 rings (SSSR count). The van der Waals surface area contributed by atoms with E-state index in [9.17, 15) is 0 Å². The van der Waals surface area contributed by atoms with Crippen molar-refractivity contribution in [2.45, 2.75) is 6.92 Å². The highest BCUT2D eigenvalue weighted by molar-refractivity contribution is 6.32. The molecule has 21 heavy (non-hydrogen) atoms. The average Bonchev–Trinajstić information content (AvgIpc) is 2.47. The highest BCUT2D eigenvalue weighted by atomic mass is 35.5. The zero-order valence-electron chi connectivity index (χ0n) is 12.0. The lowest BCUT2D eigenvalue weighted by Gasteiger charge is -2.12. The third kappa shape index (κ3) is 4.45. The summed E-state index contributed by atoms with van der Waals surface area (Å²) in [4.78, 5) is 0. The molecule has 0 bridgehead atoms. The van der Waals surface area contributed by atoms with Crippen LogP contribution in [0.4, 0.5) is 11.4 Å². The molecule has 5 heteroatoms. The summed E-state index contributed by atoms with van der Waals surface area (Å²) in [6.45, 7) is 3.61. The molecule has 0 aromatic heterocycles. The van der Waals surface area contributed by atoms with Crippen molar-refractivity contribution >= 4 is 34.6 Å². The normalized spacial score (nSPS) is 10.3. The minimum absolute atomic E-state index is 0.598. The second kappa shape index (κ2) is 7.43. The van der Waals surface area contributed by atoms with Crippen molar-refractivity contribution in [1.82, 2.24) is 0 Å². The molecular formula is C16H18Cl2N2O. The predicted octanol–water partition coefficient (Wildman–Crippen LogP) is 4.83. The van der Waals surface area contributed by atoms with Gasteiger partial charge in [-0.15, -0.1) is 0 Å². The first-order chi connectivity index (χ1) is 10.1. The van der Waals surface area contributed by atoms with Crippen molar-refractivity contribution in [3.05, 3.63) is 52.0 Å². The molecule has 0 saturated heterocycles. The molecular weight excluding hydrogens is 307 g/mol. The molecule has 0 fully saturated rings. The fourth-order valence-corrected chi connectivity index (χ4v) is 2.39. The van der Waals surface area contributed by atoms with Gasteiger partial charge in [0.25, 0.3) is 0 Å². The minimum atomic E-state index is 0.598. The fourth-order valence-electron chi connectivity index (χ4n) is 1.97. The van der Waals surface area contributed by atoms with Crippen LogP contribution in [-0.4, -0.2) is 20.2 Å². The maximum Gasteiger partial charge on any atom is 0.137 e. The summed E-state index contributed by atoms with van der Waals surface area (Å²) in [6.07, 6.45) is 0. The van der Waals surface area contributed by atoms with Gasteiger partial charge in [-0.1, -0.05) is 29.3 Å². The minimum Gasteiger partial charge on any atom is -0.495 e. The fraction of sp³-hybridized carbons (Fsp3) is 0.250. The van der Waals surface area contributed by atoms with Crippen molar-refractivity contribution in [3.63, 3.8) is 0 Å². The third-order valence-corrected chi connectivity index (χ3v) is 3.65. The molecule has 0 amide bonds. The van der Waals surface area contributed by atoms with Crippen molar-refractivity contribution in [1.29, 1.82) is 0 Å². The average molecular weight is 325 g/mol. The van der Waals surface area contributed by atoms with Crippen LogP contribution in [0.25, 0.3) is 0 Å². The largest absolute Gasteiger partial charge is 0.495 e. The van der Waals surface area contributed by atoms with Crippen LogP contribution in [0, 0.1) is 6.92 Å². The molecule has 0 unspecified atom stereocenters. The highest BCUT2D eigenvalue weighted by Crippen LogP contribution is 2.27. The van der Waals surface area contributed by atoms with Crippen LogP contribution >= 0.6 is 23.2 Å². The van der Waals surface area contributed by atoms with Crippen molar-refractivity contribution in [2.75, 3.05) is 30.8 Å². The number of anilines is 2. The molecule has 0 spiro atoms. The summed E-state index contributed by atoms with van der Waals surface area (Å²) in [6, 6.07) is 11.5. The molecule has 0 heterocycles. The summed E-state index contributed by atoms with van der Waals surface area (Å²) in [7, 11) is 1.60. The first-order valence-corrected chi connectivity index (χ1v) is 7.43. The maximum atomic E-state index is 6.08. The van der Waals surface area contributed by atoms with E-state index >= 15 is 0 Å². The van der Waals surface area contributed by atoms with E-state index in [1.54, 1.807) is 7.11 Å². The van der Waals surface area contributed by atoms with E-state index in [2.05, 4.69) is 17.6 Å². The zero-order chi connectivity index (χ0) is 15.2. The van der Waals surface area contributed by atoms with E-state index in [-0.39, 0.29) is 0 Å². The standard InChI is InChI=1S/C16H18Cl2N2O/c1-11-3-4-12(17)9-15(11)20-8-7-19-13-5-6-16(21-2)14(18)10-13/h3-6,9-10,19-20H,7-8H2,1-2H3. The van der Waals surface area contributed by atoms with Gasteiger partial charge in [0.05, 0.1) is 12.1 Å². The number of rotatable bonds is 6. The third-order valence-electron chi connectivity index (χ3n) is 3.12. The van der Waals surface area contributed by atoms with E-state index in [0.29, 0.717) is 10.8 Å². The number of hydrogen-bond acceptors (Lipinski definition) is 3. The summed E-state index contributed by atoms with van der Waals surface area (Å²) in [5, 5.41) is 7.99. The SMILES string of the molecule is COc1ccc(NCCNc2cc(Cl)ccc2C)cc1Cl. The van der Waals surface area contributed by atoms with Gasteiger partial charge in [-0.3, -0.25) is 0 Å². The van der Waals surface area contributed by atoms with Gasteiger partial charge >= 0.3 is 0 Å². The summed E-state index contributed by atoms with van der Waals surface area (Å²) in [5.74, 6) is 0.676. The molecule has 0 radical (unpaired) electrons. The van der Waals surface area contributed by atoms with Gasteiger partial charge in [0, 0.05) is 29.5 Å². The smallest absolute Gasteiger partial charge is 0.137 e. The van der Waals surface area contributed by atoms with Crippen molar-refractivity contribution in [2.24, 2.45) is 0 Å². The summed E-state index contributed by atoms with van der Waals surface area (Å²) >= 11 is 12.1. The lowest BCUT2D eigenvalue weighted by atomic mass is 10.2. The Balaban J connectivity index is 1.84. The van der Waals surface area contributed by atoms with E-state index in [1.165, 1.54) is 5.56 Å². The second-order valence-electron chi connectivity index (χ2n) is 4.66. The van der Waals surface area contributed by atoms with Crippen LogP contribution in [0.1, 0.15) is 5.56 Å². The van der Waals surface area contributed by atoms with Gasteiger partial charge < -0.3 is 15.4 Å². The topological polar surface area (TPSA) is 33.3 Å². The van der Waals surface area contributed by atoms with Crippen LogP contribution in [0.3, 0.4) is 0 Å². The van der Waals surface area contributed by atoms with Gasteiger partial charge in [0.15, 0.2) is 0 Å². The van der Waals surface area contributed by atoms with Crippen molar-refractivity contribution < 1.29 is 4.74 Å². The number of ether oxygens (including phenoxy) is 1. The lowest BCUT2D eigenvalue weighted by Crippen LogP contribution is -2.14. The van der Waals surface area contributed by atoms with Crippen LogP contribution in [0.5, 0.6) is 5.75 Å². The van der Waals surface area contributed by atoms with Gasteiger partial charge in [-0.2, -0.15) is 0 Å². The Labute approximate surface area is 135 Å². The molecule has 2 aromatic carbocycles. The van der Waals surface area contributed by atoms with Gasteiger partial charge in [0.1, 0.15) is 5.75 Å². The van der Waals surface area contributed by atoms with E-state index in [1.807, 2.05) is 36.4 Å². The molecule has 0 aliphatic rings. The molecule has 2 aromatic rings. The number of nitrogens with one attached hydrogen (secondary N) is 2. The van der Waals surface area contributed by atoms with Crippen LogP contribution in [-0.2, 0) is 0 Å². The number of aryl methyl sites for hydroxylation is 1. The Morgan fingerprint density at radius 3 is 2.48 bits per heavy atom. The molecule has 0 saturated carbocycles. The Bertz CT molecular complexity index is 617. The Kier molecular flexibility index (Phi) is 5.59. The highest BCUT2D eigenvalue weighted by Gasteiger charge is 2.02. The van der Waals surface area contributed by atoms with Crippen LogP contribution in [0.15, 0.2) is 36.4 Å². The van der Waals surface area contributed by atoms with Gasteiger partial charge in [-0.05, 0) is 42.8 Å². The van der Waals surface area contributed by atoms with Gasteiger partial charge in [0.2, 0.25) is 0 Å². The van der Waals surface area contributed by atoms with Crippen LogP contribution < -0.4 is 15.4 Å². The monoisotopic (exact) mass is 324 g/mol. The zero-order valence-corrected chi connectivity index (χ0v) is 13.6. The quantitative estimate of drug-likeness (QED) is 0.746. The second-order valence-corrected chi connectivity index (χ2v) is 5.51. The maximum absolute atomic E-state index is 6.08. The first-order valence-electron chi connectivity index (χ1n) is 6.67. The Morgan fingerprint density at radius 2 is 1.76 bits per heavy atom. The summed E-state index contributed by atoms with van der Waals surface area (Å²) < 4.78 is 5.12. The predicted molar refractivity (Wildman–Crippen MR) is 91.2 cm³/mol. The van der Waals surface area contributed by atoms with Crippen LogP contribution in [0.2, 0.25) is 10.0 Å². The summed E-state index contributed by atoms with van der Waals surface area (Å²) in [5.41, 5.74) is 3.19. The van der Waals surface area contributed by atoms with E-state index < -0.39 is 0 Å². The van der Waals surface area contributed by atoms with Crippen molar-refractivity contribution in [3.8, 4) is 5.75 Å².